The molecule has 0 radical (unpaired) electrons. The predicted octanol–water partition coefficient (Wildman–Crippen LogP) is 4.50. The van der Waals surface area contributed by atoms with Crippen LogP contribution >= 0.6 is 11.6 Å². The third-order valence-corrected chi connectivity index (χ3v) is 3.51. The number of hydrogen-bond donors (Lipinski definition) is 1. The molecule has 0 aliphatic carbocycles. The van der Waals surface area contributed by atoms with Gasteiger partial charge in [-0.15, -0.1) is 0 Å². The van der Waals surface area contributed by atoms with E-state index in [0.717, 1.165) is 24.8 Å². The van der Waals surface area contributed by atoms with Crippen molar-refractivity contribution in [2.45, 2.75) is 25.3 Å². The predicted molar refractivity (Wildman–Crippen MR) is 77.7 cm³/mol. The highest BCUT2D eigenvalue weighted by atomic mass is 35.5. The maximum atomic E-state index is 13.0. The standard InChI is InChI=1S/C16H17ClFN/c17-15-11-13(18)9-10-14(15)16(19)8-4-7-12-5-2-1-3-6-12/h1-3,5-6,9-11,16H,4,7-8,19H2. The zero-order valence-corrected chi connectivity index (χ0v) is 11.4. The molecule has 0 saturated carbocycles. The Labute approximate surface area is 118 Å². The van der Waals surface area contributed by atoms with Crippen molar-refractivity contribution in [3.63, 3.8) is 0 Å². The van der Waals surface area contributed by atoms with Gasteiger partial charge in [0.2, 0.25) is 0 Å². The maximum absolute atomic E-state index is 13.0. The molecule has 100 valence electrons. The molecule has 0 fully saturated rings. The first kappa shape index (κ1) is 14.0. The molecule has 0 heterocycles. The van der Waals surface area contributed by atoms with Crippen LogP contribution in [0.25, 0.3) is 0 Å². The third kappa shape index (κ3) is 4.05. The van der Waals surface area contributed by atoms with Crippen LogP contribution in [0.4, 0.5) is 4.39 Å². The second-order valence-electron chi connectivity index (χ2n) is 4.65. The van der Waals surface area contributed by atoms with Crippen LogP contribution in [-0.4, -0.2) is 0 Å². The normalized spacial score (nSPS) is 12.4. The van der Waals surface area contributed by atoms with Crippen LogP contribution in [0.5, 0.6) is 0 Å². The van der Waals surface area contributed by atoms with E-state index in [-0.39, 0.29) is 11.9 Å². The number of aryl methyl sites for hydroxylation is 1. The summed E-state index contributed by atoms with van der Waals surface area (Å²) in [6.07, 6.45) is 2.81. The van der Waals surface area contributed by atoms with Crippen LogP contribution in [0.2, 0.25) is 5.02 Å². The molecule has 2 aromatic carbocycles. The molecule has 0 spiro atoms. The molecule has 1 unspecified atom stereocenters. The summed E-state index contributed by atoms with van der Waals surface area (Å²) in [6.45, 7) is 0. The quantitative estimate of drug-likeness (QED) is 0.855. The minimum atomic E-state index is -0.328. The average Bonchev–Trinajstić information content (AvgIpc) is 2.39. The van der Waals surface area contributed by atoms with Gasteiger partial charge in [-0.2, -0.15) is 0 Å². The number of halogens is 2. The van der Waals surface area contributed by atoms with Crippen molar-refractivity contribution >= 4 is 11.6 Å². The van der Waals surface area contributed by atoms with Crippen LogP contribution in [0.3, 0.4) is 0 Å². The third-order valence-electron chi connectivity index (χ3n) is 3.19. The summed E-state index contributed by atoms with van der Waals surface area (Å²) in [5.74, 6) is -0.328. The highest BCUT2D eigenvalue weighted by Gasteiger charge is 2.10. The molecule has 0 aliphatic heterocycles. The fraction of sp³-hybridized carbons (Fsp3) is 0.250. The molecule has 0 aliphatic rings. The van der Waals surface area contributed by atoms with Gasteiger partial charge in [-0.05, 0) is 42.5 Å². The number of nitrogens with two attached hydrogens (primary N) is 1. The van der Waals surface area contributed by atoms with E-state index < -0.39 is 0 Å². The monoisotopic (exact) mass is 277 g/mol. The largest absolute Gasteiger partial charge is 0.324 e. The van der Waals surface area contributed by atoms with Crippen molar-refractivity contribution in [2.24, 2.45) is 5.73 Å². The lowest BCUT2D eigenvalue weighted by Gasteiger charge is -2.13. The smallest absolute Gasteiger partial charge is 0.124 e. The van der Waals surface area contributed by atoms with E-state index in [1.807, 2.05) is 18.2 Å². The molecule has 2 rings (SSSR count). The van der Waals surface area contributed by atoms with Crippen molar-refractivity contribution < 1.29 is 4.39 Å². The molecule has 1 nitrogen and oxygen atoms in total. The van der Waals surface area contributed by atoms with E-state index in [1.54, 1.807) is 6.07 Å². The lowest BCUT2D eigenvalue weighted by molar-refractivity contribution is 0.603. The summed E-state index contributed by atoms with van der Waals surface area (Å²) in [4.78, 5) is 0. The second kappa shape index (κ2) is 6.69. The average molecular weight is 278 g/mol. The van der Waals surface area contributed by atoms with Gasteiger partial charge in [-0.3, -0.25) is 0 Å². The van der Waals surface area contributed by atoms with Gasteiger partial charge in [0.05, 0.1) is 0 Å². The lowest BCUT2D eigenvalue weighted by atomic mass is 10.00. The van der Waals surface area contributed by atoms with E-state index in [1.165, 1.54) is 17.7 Å². The molecule has 2 N–H and O–H groups in total. The van der Waals surface area contributed by atoms with E-state index in [0.29, 0.717) is 5.02 Å². The SMILES string of the molecule is NC(CCCc1ccccc1)c1ccc(F)cc1Cl. The second-order valence-corrected chi connectivity index (χ2v) is 5.06. The van der Waals surface area contributed by atoms with Crippen LogP contribution in [-0.2, 0) is 6.42 Å². The minimum absolute atomic E-state index is 0.142. The first-order chi connectivity index (χ1) is 9.16. The van der Waals surface area contributed by atoms with Crippen LogP contribution < -0.4 is 5.73 Å². The Bertz CT molecular complexity index is 528. The molecular weight excluding hydrogens is 261 g/mol. The van der Waals surface area contributed by atoms with E-state index in [2.05, 4.69) is 12.1 Å². The first-order valence-corrected chi connectivity index (χ1v) is 6.79. The highest BCUT2D eigenvalue weighted by molar-refractivity contribution is 6.31. The van der Waals surface area contributed by atoms with E-state index in [9.17, 15) is 4.39 Å². The number of hydrogen-bond acceptors (Lipinski definition) is 1. The van der Waals surface area contributed by atoms with Gasteiger partial charge >= 0.3 is 0 Å². The molecular formula is C16H17ClFN. The Morgan fingerprint density at radius 1 is 1.11 bits per heavy atom. The molecule has 0 aromatic heterocycles. The Kier molecular flexibility index (Phi) is 4.94. The number of rotatable bonds is 5. The van der Waals surface area contributed by atoms with Gasteiger partial charge in [-0.1, -0.05) is 48.0 Å². The fourth-order valence-electron chi connectivity index (χ4n) is 2.13. The van der Waals surface area contributed by atoms with Gasteiger partial charge in [0.15, 0.2) is 0 Å². The minimum Gasteiger partial charge on any atom is -0.324 e. The van der Waals surface area contributed by atoms with Gasteiger partial charge in [0.25, 0.3) is 0 Å². The van der Waals surface area contributed by atoms with Crippen molar-refractivity contribution in [2.75, 3.05) is 0 Å². The van der Waals surface area contributed by atoms with Crippen molar-refractivity contribution in [3.8, 4) is 0 Å². The maximum Gasteiger partial charge on any atom is 0.124 e. The summed E-state index contributed by atoms with van der Waals surface area (Å²) < 4.78 is 13.0. The van der Waals surface area contributed by atoms with Crippen molar-refractivity contribution in [1.82, 2.24) is 0 Å². The topological polar surface area (TPSA) is 26.0 Å². The molecule has 0 bridgehead atoms. The molecule has 0 saturated heterocycles. The van der Waals surface area contributed by atoms with Crippen LogP contribution in [0.1, 0.15) is 30.0 Å². The van der Waals surface area contributed by atoms with Crippen LogP contribution in [0.15, 0.2) is 48.5 Å². The van der Waals surface area contributed by atoms with E-state index >= 15 is 0 Å². The summed E-state index contributed by atoms with van der Waals surface area (Å²) in [5.41, 5.74) is 8.22. The van der Waals surface area contributed by atoms with Gasteiger partial charge in [-0.25, -0.2) is 4.39 Å². The Balaban J connectivity index is 1.89. The number of benzene rings is 2. The Hall–Kier alpha value is -1.38. The van der Waals surface area contributed by atoms with Gasteiger partial charge in [0.1, 0.15) is 5.82 Å². The Morgan fingerprint density at radius 2 is 1.84 bits per heavy atom. The summed E-state index contributed by atoms with van der Waals surface area (Å²) in [7, 11) is 0. The molecule has 3 heteroatoms. The van der Waals surface area contributed by atoms with Crippen molar-refractivity contribution in [3.05, 3.63) is 70.5 Å². The van der Waals surface area contributed by atoms with Crippen molar-refractivity contribution in [1.29, 1.82) is 0 Å². The van der Waals surface area contributed by atoms with Gasteiger partial charge in [0, 0.05) is 11.1 Å². The van der Waals surface area contributed by atoms with E-state index in [4.69, 9.17) is 17.3 Å². The molecule has 2 aromatic rings. The molecule has 19 heavy (non-hydrogen) atoms. The zero-order valence-electron chi connectivity index (χ0n) is 10.7. The highest BCUT2D eigenvalue weighted by Crippen LogP contribution is 2.25. The molecule has 0 amide bonds. The summed E-state index contributed by atoms with van der Waals surface area (Å²) in [6, 6.07) is 14.5. The Morgan fingerprint density at radius 3 is 2.53 bits per heavy atom. The van der Waals surface area contributed by atoms with Crippen LogP contribution in [0, 0.1) is 5.82 Å². The first-order valence-electron chi connectivity index (χ1n) is 6.41. The fourth-order valence-corrected chi connectivity index (χ4v) is 2.44. The summed E-state index contributed by atoms with van der Waals surface area (Å²) >= 11 is 6.00. The summed E-state index contributed by atoms with van der Waals surface area (Å²) in [5, 5.41) is 0.409. The lowest BCUT2D eigenvalue weighted by Crippen LogP contribution is -2.11. The zero-order chi connectivity index (χ0) is 13.7. The van der Waals surface area contributed by atoms with Gasteiger partial charge < -0.3 is 5.73 Å². The molecule has 1 atom stereocenters.